The van der Waals surface area contributed by atoms with Gasteiger partial charge in [-0.15, -0.1) is 0 Å². The van der Waals surface area contributed by atoms with Gasteiger partial charge in [0.05, 0.1) is 0 Å². The van der Waals surface area contributed by atoms with E-state index >= 15 is 0 Å². The molecule has 1 aromatic rings. The third kappa shape index (κ3) is 4.67. The third-order valence-electron chi connectivity index (χ3n) is 2.16. The fourth-order valence-electron chi connectivity index (χ4n) is 1.32. The van der Waals surface area contributed by atoms with Crippen LogP contribution in [0.25, 0.3) is 0 Å². The Balaban J connectivity index is 2.72. The number of allylic oxidation sites excluding steroid dienone is 2. The number of carbonyl (C=O) groups is 1. The Morgan fingerprint density at radius 2 is 1.94 bits per heavy atom. The number of hydrogen-bond acceptors (Lipinski definition) is 2. The van der Waals surface area contributed by atoms with Gasteiger partial charge in [0.2, 0.25) is 0 Å². The van der Waals surface area contributed by atoms with Crippen LogP contribution in [0.15, 0.2) is 46.2 Å². The minimum atomic E-state index is 0.215. The average molecular weight is 234 g/mol. The number of thioether (sulfide) groups is 1. The second-order valence-electron chi connectivity index (χ2n) is 3.60. The zero-order valence-corrected chi connectivity index (χ0v) is 10.7. The average Bonchev–Trinajstić information content (AvgIpc) is 2.30. The van der Waals surface area contributed by atoms with Gasteiger partial charge in [-0.25, -0.2) is 0 Å². The fourth-order valence-corrected chi connectivity index (χ4v) is 2.41. The van der Waals surface area contributed by atoms with Crippen molar-refractivity contribution in [1.29, 1.82) is 0 Å². The zero-order valence-electron chi connectivity index (χ0n) is 9.90. The summed E-state index contributed by atoms with van der Waals surface area (Å²) in [5, 5.41) is 0. The molecule has 0 radical (unpaired) electrons. The van der Waals surface area contributed by atoms with Crippen LogP contribution in [0, 0.1) is 0 Å². The second kappa shape index (κ2) is 7.29. The van der Waals surface area contributed by atoms with E-state index in [2.05, 4.69) is 19.1 Å². The van der Waals surface area contributed by atoms with Gasteiger partial charge in [-0.2, -0.15) is 0 Å². The highest BCUT2D eigenvalue weighted by Crippen LogP contribution is 2.29. The Hall–Kier alpha value is -1.02. The predicted molar refractivity (Wildman–Crippen MR) is 70.6 cm³/mol. The van der Waals surface area contributed by atoms with Crippen molar-refractivity contribution < 1.29 is 4.79 Å². The fraction of sp³-hybridized carbons (Fsp3) is 0.357. The van der Waals surface area contributed by atoms with Crippen LogP contribution >= 0.6 is 11.8 Å². The molecule has 0 fully saturated rings. The summed E-state index contributed by atoms with van der Waals surface area (Å²) >= 11 is 1.70. The van der Waals surface area contributed by atoms with Gasteiger partial charge in [-0.05, 0) is 29.5 Å². The highest BCUT2D eigenvalue weighted by Gasteiger charge is 2.02. The lowest BCUT2D eigenvalue weighted by Crippen LogP contribution is -1.90. The number of hydrogen-bond donors (Lipinski definition) is 0. The molecule has 0 aliphatic carbocycles. The molecule has 86 valence electrons. The molecule has 0 amide bonds. The monoisotopic (exact) mass is 234 g/mol. The number of carbonyl (C=O) groups excluding carboxylic acids is 1. The van der Waals surface area contributed by atoms with E-state index in [-0.39, 0.29) is 5.78 Å². The number of rotatable bonds is 6. The predicted octanol–water partition coefficient (Wildman–Crippen LogP) is 4.44. The summed E-state index contributed by atoms with van der Waals surface area (Å²) in [5.74, 6) is 0.215. The zero-order chi connectivity index (χ0) is 11.8. The highest BCUT2D eigenvalue weighted by atomic mass is 32.2. The molecule has 2 heteroatoms. The minimum absolute atomic E-state index is 0.215. The van der Waals surface area contributed by atoms with Gasteiger partial charge in [0.25, 0.3) is 0 Å². The molecule has 1 rings (SSSR count). The molecular formula is C14H18OS. The first kappa shape index (κ1) is 13.0. The summed E-state index contributed by atoms with van der Waals surface area (Å²) in [7, 11) is 0. The Labute approximate surface area is 102 Å². The van der Waals surface area contributed by atoms with Gasteiger partial charge in [0, 0.05) is 11.3 Å². The molecule has 0 heterocycles. The molecule has 0 atom stereocenters. The molecule has 0 unspecified atom stereocenters. The Morgan fingerprint density at radius 1 is 1.25 bits per heavy atom. The maximum atomic E-state index is 11.4. The molecule has 16 heavy (non-hydrogen) atoms. The summed E-state index contributed by atoms with van der Waals surface area (Å²) in [5.41, 5.74) is 0. The molecule has 0 saturated carbocycles. The van der Waals surface area contributed by atoms with Crippen LogP contribution in [0.1, 0.15) is 33.1 Å². The van der Waals surface area contributed by atoms with E-state index in [1.165, 1.54) is 9.80 Å². The Kier molecular flexibility index (Phi) is 5.94. The Morgan fingerprint density at radius 3 is 2.50 bits per heavy atom. The highest BCUT2D eigenvalue weighted by molar-refractivity contribution is 8.03. The van der Waals surface area contributed by atoms with E-state index in [4.69, 9.17) is 0 Å². The molecule has 0 N–H and O–H groups in total. The molecule has 0 aliphatic rings. The topological polar surface area (TPSA) is 17.1 Å². The molecule has 0 bridgehead atoms. The first-order chi connectivity index (χ1) is 7.76. The van der Waals surface area contributed by atoms with E-state index in [0.717, 1.165) is 12.8 Å². The largest absolute Gasteiger partial charge is 0.295 e. The van der Waals surface area contributed by atoms with Gasteiger partial charge in [0.15, 0.2) is 5.78 Å². The maximum absolute atomic E-state index is 11.4. The van der Waals surface area contributed by atoms with Crippen molar-refractivity contribution in [3.8, 4) is 0 Å². The lowest BCUT2D eigenvalue weighted by Gasteiger charge is -2.05. The minimum Gasteiger partial charge on any atom is -0.295 e. The maximum Gasteiger partial charge on any atom is 0.156 e. The van der Waals surface area contributed by atoms with Crippen molar-refractivity contribution in [1.82, 2.24) is 0 Å². The lowest BCUT2D eigenvalue weighted by atomic mass is 10.2. The molecule has 0 saturated heterocycles. The molecule has 0 aliphatic heterocycles. The van der Waals surface area contributed by atoms with Crippen LogP contribution in [-0.2, 0) is 4.79 Å². The number of benzene rings is 1. The summed E-state index contributed by atoms with van der Waals surface area (Å²) in [4.78, 5) is 13.8. The van der Waals surface area contributed by atoms with Crippen molar-refractivity contribution in [2.24, 2.45) is 0 Å². The first-order valence-corrected chi connectivity index (χ1v) is 6.54. The molecule has 0 aromatic heterocycles. The van der Waals surface area contributed by atoms with Crippen LogP contribution in [0.5, 0.6) is 0 Å². The summed E-state index contributed by atoms with van der Waals surface area (Å²) in [6.45, 7) is 4.03. The van der Waals surface area contributed by atoms with Gasteiger partial charge in [0.1, 0.15) is 0 Å². The van der Waals surface area contributed by atoms with Crippen LogP contribution in [0.2, 0.25) is 0 Å². The van der Waals surface area contributed by atoms with Crippen LogP contribution < -0.4 is 0 Å². The van der Waals surface area contributed by atoms with Crippen LogP contribution in [0.3, 0.4) is 0 Å². The second-order valence-corrected chi connectivity index (χ2v) is 4.80. The molecule has 0 spiro atoms. The summed E-state index contributed by atoms with van der Waals surface area (Å²) < 4.78 is 0. The van der Waals surface area contributed by atoms with Gasteiger partial charge in [-0.3, -0.25) is 4.79 Å². The summed E-state index contributed by atoms with van der Waals surface area (Å²) in [6.07, 6.45) is 4.43. The smallest absolute Gasteiger partial charge is 0.156 e. The van der Waals surface area contributed by atoms with Crippen molar-refractivity contribution in [2.75, 3.05) is 0 Å². The quantitative estimate of drug-likeness (QED) is 0.534. The standard InChI is InChI=1S/C14H18OS/c1-3-8-14(11-12(15)4-2)16-13-9-6-5-7-10-13/h5-7,9-11H,3-4,8H2,1-2H3/b14-11-. The third-order valence-corrected chi connectivity index (χ3v) is 3.25. The van der Waals surface area contributed by atoms with Crippen molar-refractivity contribution in [3.05, 3.63) is 41.3 Å². The van der Waals surface area contributed by atoms with E-state index < -0.39 is 0 Å². The first-order valence-electron chi connectivity index (χ1n) is 5.72. The number of ketones is 1. The molecule has 1 aromatic carbocycles. The Bertz CT molecular complexity index is 354. The molecular weight excluding hydrogens is 216 g/mol. The van der Waals surface area contributed by atoms with Gasteiger partial charge >= 0.3 is 0 Å². The van der Waals surface area contributed by atoms with Gasteiger partial charge < -0.3 is 0 Å². The SMILES string of the molecule is CCC/C(=C/C(=O)CC)Sc1ccccc1. The van der Waals surface area contributed by atoms with Crippen LogP contribution in [0.4, 0.5) is 0 Å². The van der Waals surface area contributed by atoms with E-state index in [1.807, 2.05) is 25.1 Å². The van der Waals surface area contributed by atoms with Crippen molar-refractivity contribution in [3.63, 3.8) is 0 Å². The van der Waals surface area contributed by atoms with E-state index in [9.17, 15) is 4.79 Å². The molecule has 1 nitrogen and oxygen atoms in total. The van der Waals surface area contributed by atoms with Gasteiger partial charge in [-0.1, -0.05) is 50.2 Å². The van der Waals surface area contributed by atoms with E-state index in [0.29, 0.717) is 6.42 Å². The lowest BCUT2D eigenvalue weighted by molar-refractivity contribution is -0.114. The van der Waals surface area contributed by atoms with E-state index in [1.54, 1.807) is 17.8 Å². The van der Waals surface area contributed by atoms with Crippen molar-refractivity contribution >= 4 is 17.5 Å². The normalized spacial score (nSPS) is 11.5. The van der Waals surface area contributed by atoms with Crippen molar-refractivity contribution in [2.45, 2.75) is 38.0 Å². The summed E-state index contributed by atoms with van der Waals surface area (Å²) in [6, 6.07) is 10.2. The van der Waals surface area contributed by atoms with Crippen LogP contribution in [-0.4, -0.2) is 5.78 Å².